The molecule has 6 heteroatoms. The molecule has 1 aromatic heterocycles. The van der Waals surface area contributed by atoms with Gasteiger partial charge in [0.2, 0.25) is 0 Å². The van der Waals surface area contributed by atoms with Crippen LogP contribution < -0.4 is 5.32 Å². The Kier molecular flexibility index (Phi) is 3.21. The fourth-order valence-corrected chi connectivity index (χ4v) is 2.11. The van der Waals surface area contributed by atoms with E-state index in [0.717, 1.165) is 18.6 Å². The summed E-state index contributed by atoms with van der Waals surface area (Å²) in [5.41, 5.74) is 1.81. The normalized spacial score (nSPS) is 14.0. The second-order valence-corrected chi connectivity index (χ2v) is 5.12. The number of carboxylic acids is 1. The summed E-state index contributed by atoms with van der Waals surface area (Å²) in [6, 6.07) is 5.77. The first-order valence-electron chi connectivity index (χ1n) is 6.67. The van der Waals surface area contributed by atoms with E-state index in [1.54, 1.807) is 6.92 Å². The van der Waals surface area contributed by atoms with Crippen LogP contribution >= 0.6 is 0 Å². The molecule has 0 saturated heterocycles. The van der Waals surface area contributed by atoms with Crippen LogP contribution in [0.1, 0.15) is 50.9 Å². The largest absolute Gasteiger partial charge is 0.478 e. The van der Waals surface area contributed by atoms with E-state index in [9.17, 15) is 9.59 Å². The van der Waals surface area contributed by atoms with E-state index < -0.39 is 5.97 Å². The molecule has 0 aliphatic heterocycles. The number of rotatable bonds is 4. The number of hydrogen-bond acceptors (Lipinski definition) is 4. The van der Waals surface area contributed by atoms with Crippen molar-refractivity contribution in [3.63, 3.8) is 0 Å². The van der Waals surface area contributed by atoms with Gasteiger partial charge >= 0.3 is 5.97 Å². The predicted molar refractivity (Wildman–Crippen MR) is 74.6 cm³/mol. The molecule has 1 amide bonds. The Morgan fingerprint density at radius 1 is 1.24 bits per heavy atom. The SMILES string of the molecule is Cc1noc(C2CC2)c1NC(=O)c1ccc(C(=O)O)cc1. The number of amides is 1. The Bertz CT molecular complexity index is 699. The van der Waals surface area contributed by atoms with Gasteiger partial charge in [-0.15, -0.1) is 0 Å². The number of hydrogen-bond donors (Lipinski definition) is 2. The molecule has 108 valence electrons. The van der Waals surface area contributed by atoms with Gasteiger partial charge in [-0.05, 0) is 44.0 Å². The molecule has 6 nitrogen and oxygen atoms in total. The summed E-state index contributed by atoms with van der Waals surface area (Å²) in [6.45, 7) is 1.78. The Hall–Kier alpha value is -2.63. The number of nitrogens with zero attached hydrogens (tertiary/aromatic N) is 1. The maximum Gasteiger partial charge on any atom is 0.335 e. The number of anilines is 1. The first-order chi connectivity index (χ1) is 10.1. The highest BCUT2D eigenvalue weighted by atomic mass is 16.5. The third-order valence-electron chi connectivity index (χ3n) is 3.47. The van der Waals surface area contributed by atoms with Crippen LogP contribution in [0.4, 0.5) is 5.69 Å². The number of carbonyl (C=O) groups excluding carboxylic acids is 1. The standard InChI is InChI=1S/C15H14N2O4/c1-8-12(13(21-17-8)9-2-3-9)16-14(18)10-4-6-11(7-5-10)15(19)20/h4-7,9H,2-3H2,1H3,(H,16,18)(H,19,20). The molecule has 1 fully saturated rings. The Labute approximate surface area is 120 Å². The molecule has 2 aromatic rings. The smallest absolute Gasteiger partial charge is 0.335 e. The lowest BCUT2D eigenvalue weighted by Crippen LogP contribution is -2.13. The lowest BCUT2D eigenvalue weighted by molar-refractivity contribution is 0.0696. The summed E-state index contributed by atoms with van der Waals surface area (Å²) in [4.78, 5) is 23.0. The van der Waals surface area contributed by atoms with Gasteiger partial charge in [-0.2, -0.15) is 0 Å². The molecule has 1 aliphatic rings. The van der Waals surface area contributed by atoms with Crippen LogP contribution in [0.25, 0.3) is 0 Å². The van der Waals surface area contributed by atoms with Crippen molar-refractivity contribution in [2.45, 2.75) is 25.7 Å². The van der Waals surface area contributed by atoms with Gasteiger partial charge in [-0.25, -0.2) is 4.79 Å². The molecule has 0 radical (unpaired) electrons. The van der Waals surface area contributed by atoms with Crippen LogP contribution in [0.15, 0.2) is 28.8 Å². The van der Waals surface area contributed by atoms with Gasteiger partial charge in [0.1, 0.15) is 11.4 Å². The summed E-state index contributed by atoms with van der Waals surface area (Å²) < 4.78 is 5.26. The summed E-state index contributed by atoms with van der Waals surface area (Å²) in [6.07, 6.45) is 2.09. The summed E-state index contributed by atoms with van der Waals surface area (Å²) >= 11 is 0. The quantitative estimate of drug-likeness (QED) is 0.901. The maximum absolute atomic E-state index is 12.2. The van der Waals surface area contributed by atoms with Crippen molar-refractivity contribution >= 4 is 17.6 Å². The van der Waals surface area contributed by atoms with Gasteiger partial charge in [-0.1, -0.05) is 5.16 Å². The van der Waals surface area contributed by atoms with E-state index in [1.165, 1.54) is 24.3 Å². The zero-order valence-corrected chi connectivity index (χ0v) is 11.4. The zero-order valence-electron chi connectivity index (χ0n) is 11.4. The van der Waals surface area contributed by atoms with Crippen molar-refractivity contribution in [3.05, 3.63) is 46.8 Å². The third-order valence-corrected chi connectivity index (χ3v) is 3.47. The minimum atomic E-state index is -1.02. The van der Waals surface area contributed by atoms with Gasteiger partial charge in [0.25, 0.3) is 5.91 Å². The highest BCUT2D eigenvalue weighted by Gasteiger charge is 2.32. The van der Waals surface area contributed by atoms with E-state index in [-0.39, 0.29) is 11.5 Å². The molecule has 1 heterocycles. The van der Waals surface area contributed by atoms with Crippen molar-refractivity contribution in [3.8, 4) is 0 Å². The predicted octanol–water partition coefficient (Wildman–Crippen LogP) is 2.81. The molecule has 0 atom stereocenters. The Morgan fingerprint density at radius 2 is 1.86 bits per heavy atom. The van der Waals surface area contributed by atoms with Crippen LogP contribution in [-0.2, 0) is 0 Å². The highest BCUT2D eigenvalue weighted by molar-refractivity contribution is 6.05. The fraction of sp³-hybridized carbons (Fsp3) is 0.267. The van der Waals surface area contributed by atoms with E-state index in [0.29, 0.717) is 22.9 Å². The second-order valence-electron chi connectivity index (χ2n) is 5.12. The van der Waals surface area contributed by atoms with Crippen molar-refractivity contribution in [2.24, 2.45) is 0 Å². The van der Waals surface area contributed by atoms with Crippen LogP contribution in [0, 0.1) is 6.92 Å². The number of aromatic nitrogens is 1. The lowest BCUT2D eigenvalue weighted by Gasteiger charge is -2.05. The van der Waals surface area contributed by atoms with Crippen LogP contribution in [0.5, 0.6) is 0 Å². The maximum atomic E-state index is 12.2. The lowest BCUT2D eigenvalue weighted by atomic mass is 10.1. The number of carboxylic acid groups (broad SMARTS) is 1. The fourth-order valence-electron chi connectivity index (χ4n) is 2.11. The number of carbonyl (C=O) groups is 2. The molecule has 1 saturated carbocycles. The summed E-state index contributed by atoms with van der Waals surface area (Å²) in [5, 5.41) is 15.5. The first kappa shape index (κ1) is 13.4. The van der Waals surface area contributed by atoms with Crippen molar-refractivity contribution in [1.29, 1.82) is 0 Å². The zero-order chi connectivity index (χ0) is 15.0. The van der Waals surface area contributed by atoms with Crippen molar-refractivity contribution in [2.75, 3.05) is 5.32 Å². The van der Waals surface area contributed by atoms with E-state index in [2.05, 4.69) is 10.5 Å². The van der Waals surface area contributed by atoms with Gasteiger partial charge in [0.15, 0.2) is 5.76 Å². The minimum Gasteiger partial charge on any atom is -0.478 e. The molecular formula is C15H14N2O4. The average Bonchev–Trinajstić information content (AvgIpc) is 3.25. The topological polar surface area (TPSA) is 92.4 Å². The molecule has 1 aliphatic carbocycles. The summed E-state index contributed by atoms with van der Waals surface area (Å²) in [5.74, 6) is -0.258. The Balaban J connectivity index is 1.80. The van der Waals surface area contributed by atoms with Gasteiger partial charge in [-0.3, -0.25) is 4.79 Å². The molecule has 2 N–H and O–H groups in total. The highest BCUT2D eigenvalue weighted by Crippen LogP contribution is 2.44. The number of aromatic carboxylic acids is 1. The minimum absolute atomic E-state index is 0.145. The van der Waals surface area contributed by atoms with Gasteiger partial charge < -0.3 is 14.9 Å². The van der Waals surface area contributed by atoms with Crippen LogP contribution in [0.2, 0.25) is 0 Å². The molecule has 0 spiro atoms. The molecule has 1 aromatic carbocycles. The first-order valence-corrected chi connectivity index (χ1v) is 6.67. The average molecular weight is 286 g/mol. The van der Waals surface area contributed by atoms with E-state index in [1.807, 2.05) is 0 Å². The van der Waals surface area contributed by atoms with E-state index in [4.69, 9.17) is 9.63 Å². The third kappa shape index (κ3) is 2.65. The van der Waals surface area contributed by atoms with E-state index >= 15 is 0 Å². The number of aryl methyl sites for hydroxylation is 1. The Morgan fingerprint density at radius 3 is 2.43 bits per heavy atom. The van der Waals surface area contributed by atoms with Crippen molar-refractivity contribution < 1.29 is 19.2 Å². The van der Waals surface area contributed by atoms with Crippen LogP contribution in [0.3, 0.4) is 0 Å². The number of benzene rings is 1. The molecule has 0 bridgehead atoms. The van der Waals surface area contributed by atoms with Gasteiger partial charge in [0, 0.05) is 11.5 Å². The van der Waals surface area contributed by atoms with Crippen molar-refractivity contribution in [1.82, 2.24) is 5.16 Å². The monoisotopic (exact) mass is 286 g/mol. The van der Waals surface area contributed by atoms with Crippen LogP contribution in [-0.4, -0.2) is 22.1 Å². The second kappa shape index (κ2) is 5.05. The molecule has 0 unspecified atom stereocenters. The number of nitrogens with one attached hydrogen (secondary N) is 1. The molecule has 21 heavy (non-hydrogen) atoms. The van der Waals surface area contributed by atoms with Gasteiger partial charge in [0.05, 0.1) is 5.56 Å². The molecular weight excluding hydrogens is 272 g/mol. The molecule has 3 rings (SSSR count). The summed E-state index contributed by atoms with van der Waals surface area (Å²) in [7, 11) is 0.